The predicted octanol–water partition coefficient (Wildman–Crippen LogP) is 3.46. The van der Waals surface area contributed by atoms with Crippen molar-refractivity contribution in [1.29, 1.82) is 0 Å². The number of nitrogens with two attached hydrogens (primary N) is 1. The number of benzene rings is 2. The van der Waals surface area contributed by atoms with Crippen LogP contribution in [0.4, 0.5) is 0 Å². The van der Waals surface area contributed by atoms with Gasteiger partial charge in [-0.2, -0.15) is 0 Å². The normalized spacial score (nSPS) is 15.9. The monoisotopic (exact) mass is 314 g/mol. The molecule has 0 unspecified atom stereocenters. The van der Waals surface area contributed by atoms with Crippen LogP contribution in [0.15, 0.2) is 47.4 Å². The zero-order valence-corrected chi connectivity index (χ0v) is 13.7. The summed E-state index contributed by atoms with van der Waals surface area (Å²) in [6, 6.07) is 15.2. The van der Waals surface area contributed by atoms with E-state index in [1.54, 1.807) is 0 Å². The zero-order valence-electron chi connectivity index (χ0n) is 12.9. The van der Waals surface area contributed by atoms with E-state index in [1.807, 2.05) is 0 Å². The van der Waals surface area contributed by atoms with Crippen LogP contribution in [-0.2, 0) is 11.3 Å². The topological polar surface area (TPSA) is 38.5 Å². The molecule has 0 radical (unpaired) electrons. The maximum Gasteiger partial charge on any atom is 0.0594 e. The van der Waals surface area contributed by atoms with Crippen molar-refractivity contribution in [2.75, 3.05) is 26.3 Å². The van der Waals surface area contributed by atoms with Gasteiger partial charge in [-0.3, -0.25) is 10.0 Å². The molecule has 22 heavy (non-hydrogen) atoms. The summed E-state index contributed by atoms with van der Waals surface area (Å²) in [6.07, 6.45) is 0. The Morgan fingerprint density at radius 2 is 1.95 bits per heavy atom. The first-order valence-electron chi connectivity index (χ1n) is 7.63. The summed E-state index contributed by atoms with van der Waals surface area (Å²) in [7, 11) is 0. The van der Waals surface area contributed by atoms with Gasteiger partial charge in [-0.25, -0.2) is 0 Å². The van der Waals surface area contributed by atoms with Gasteiger partial charge in [0.2, 0.25) is 0 Å². The minimum Gasteiger partial charge on any atom is -0.379 e. The quantitative estimate of drug-likeness (QED) is 0.877. The average Bonchev–Trinajstić information content (AvgIpc) is 2.56. The lowest BCUT2D eigenvalue weighted by molar-refractivity contribution is 0.0342. The largest absolute Gasteiger partial charge is 0.379 e. The number of rotatable bonds is 4. The molecule has 1 fully saturated rings. The number of hydrogen-bond acceptors (Lipinski definition) is 4. The Morgan fingerprint density at radius 3 is 2.68 bits per heavy atom. The van der Waals surface area contributed by atoms with E-state index in [0.717, 1.165) is 37.7 Å². The van der Waals surface area contributed by atoms with Gasteiger partial charge in [0, 0.05) is 24.5 Å². The minimum absolute atomic E-state index is 0.844. The molecular weight excluding hydrogens is 292 g/mol. The summed E-state index contributed by atoms with van der Waals surface area (Å²) in [5.74, 6) is 0. The van der Waals surface area contributed by atoms with Gasteiger partial charge in [-0.1, -0.05) is 24.3 Å². The summed E-state index contributed by atoms with van der Waals surface area (Å²) >= 11 is 1.29. The van der Waals surface area contributed by atoms with Crippen LogP contribution in [0.2, 0.25) is 0 Å². The van der Waals surface area contributed by atoms with Crippen molar-refractivity contribution < 1.29 is 4.74 Å². The summed E-state index contributed by atoms with van der Waals surface area (Å²) in [5.41, 5.74) is 5.17. The van der Waals surface area contributed by atoms with Crippen molar-refractivity contribution in [3.63, 3.8) is 0 Å². The average molecular weight is 314 g/mol. The van der Waals surface area contributed by atoms with Crippen LogP contribution in [0.1, 0.15) is 11.1 Å². The first-order chi connectivity index (χ1) is 10.8. The molecule has 1 saturated heterocycles. The minimum atomic E-state index is 0.844. The van der Waals surface area contributed by atoms with Crippen molar-refractivity contribution in [3.05, 3.63) is 53.6 Å². The highest BCUT2D eigenvalue weighted by Crippen LogP contribution is 2.27. The number of aryl methyl sites for hydroxylation is 1. The van der Waals surface area contributed by atoms with Gasteiger partial charge in [0.05, 0.1) is 13.2 Å². The van der Waals surface area contributed by atoms with E-state index < -0.39 is 0 Å². The molecule has 3 nitrogen and oxygen atoms in total. The molecule has 4 heteroatoms. The predicted molar refractivity (Wildman–Crippen MR) is 92.8 cm³/mol. The van der Waals surface area contributed by atoms with E-state index in [4.69, 9.17) is 9.88 Å². The van der Waals surface area contributed by atoms with Crippen LogP contribution >= 0.6 is 11.9 Å². The second kappa shape index (κ2) is 7.29. The Hall–Kier alpha value is -1.33. The summed E-state index contributed by atoms with van der Waals surface area (Å²) in [5, 5.41) is 5.64. The molecule has 0 aromatic heterocycles. The molecule has 0 spiro atoms. The lowest BCUT2D eigenvalue weighted by Gasteiger charge is -2.26. The van der Waals surface area contributed by atoms with Gasteiger partial charge in [0.1, 0.15) is 0 Å². The van der Waals surface area contributed by atoms with Crippen LogP contribution in [0.25, 0.3) is 11.1 Å². The van der Waals surface area contributed by atoms with Crippen molar-refractivity contribution in [2.24, 2.45) is 5.14 Å². The van der Waals surface area contributed by atoms with Gasteiger partial charge in [-0.15, -0.1) is 0 Å². The molecule has 116 valence electrons. The molecule has 1 heterocycles. The fraction of sp³-hybridized carbons (Fsp3) is 0.333. The maximum atomic E-state index is 5.64. The van der Waals surface area contributed by atoms with Crippen LogP contribution in [0.5, 0.6) is 0 Å². The second-order valence-corrected chi connectivity index (χ2v) is 6.39. The van der Waals surface area contributed by atoms with E-state index in [-0.39, 0.29) is 0 Å². The number of morpholine rings is 1. The fourth-order valence-electron chi connectivity index (χ4n) is 2.89. The van der Waals surface area contributed by atoms with Crippen LogP contribution < -0.4 is 5.14 Å². The Morgan fingerprint density at radius 1 is 1.14 bits per heavy atom. The van der Waals surface area contributed by atoms with Gasteiger partial charge in [-0.05, 0) is 59.3 Å². The Bertz CT molecular complexity index is 639. The van der Waals surface area contributed by atoms with Crippen molar-refractivity contribution in [1.82, 2.24) is 4.90 Å². The lowest BCUT2D eigenvalue weighted by atomic mass is 9.99. The fourth-order valence-corrected chi connectivity index (χ4v) is 3.28. The van der Waals surface area contributed by atoms with Crippen molar-refractivity contribution in [3.8, 4) is 11.1 Å². The molecule has 0 aliphatic carbocycles. The summed E-state index contributed by atoms with van der Waals surface area (Å²) in [4.78, 5) is 3.55. The van der Waals surface area contributed by atoms with Crippen molar-refractivity contribution >= 4 is 11.9 Å². The number of hydrogen-bond donors (Lipinski definition) is 1. The molecule has 0 amide bonds. The zero-order chi connectivity index (χ0) is 15.4. The van der Waals surface area contributed by atoms with E-state index in [1.165, 1.54) is 34.2 Å². The Kier molecular flexibility index (Phi) is 5.16. The van der Waals surface area contributed by atoms with Gasteiger partial charge in [0.15, 0.2) is 0 Å². The lowest BCUT2D eigenvalue weighted by Crippen LogP contribution is -2.35. The number of nitrogens with zero attached hydrogens (tertiary/aromatic N) is 1. The number of ether oxygens (including phenoxy) is 1. The molecule has 3 rings (SSSR count). The molecule has 0 atom stereocenters. The van der Waals surface area contributed by atoms with Crippen LogP contribution in [0, 0.1) is 6.92 Å². The molecule has 0 bridgehead atoms. The van der Waals surface area contributed by atoms with Gasteiger partial charge in [0.25, 0.3) is 0 Å². The SMILES string of the molecule is Cc1cc(SN)ccc1-c1cccc(CN2CCOCC2)c1. The first kappa shape index (κ1) is 15.6. The highest BCUT2D eigenvalue weighted by Gasteiger charge is 2.11. The third-order valence-electron chi connectivity index (χ3n) is 4.08. The van der Waals surface area contributed by atoms with Crippen LogP contribution in [-0.4, -0.2) is 31.2 Å². The molecule has 2 aromatic rings. The van der Waals surface area contributed by atoms with E-state index in [9.17, 15) is 0 Å². The third kappa shape index (κ3) is 3.70. The molecule has 1 aliphatic heterocycles. The van der Waals surface area contributed by atoms with Crippen molar-refractivity contribution in [2.45, 2.75) is 18.4 Å². The van der Waals surface area contributed by atoms with E-state index in [0.29, 0.717) is 0 Å². The van der Waals surface area contributed by atoms with Gasteiger partial charge >= 0.3 is 0 Å². The highest BCUT2D eigenvalue weighted by molar-refractivity contribution is 7.97. The maximum absolute atomic E-state index is 5.64. The molecule has 0 saturated carbocycles. The highest BCUT2D eigenvalue weighted by atomic mass is 32.2. The Balaban J connectivity index is 1.81. The molecule has 2 N–H and O–H groups in total. The smallest absolute Gasteiger partial charge is 0.0594 e. The summed E-state index contributed by atoms with van der Waals surface area (Å²) < 4.78 is 5.41. The first-order valence-corrected chi connectivity index (χ1v) is 8.51. The van der Waals surface area contributed by atoms with Gasteiger partial charge < -0.3 is 4.74 Å². The molecular formula is C18H22N2OS. The summed E-state index contributed by atoms with van der Waals surface area (Å²) in [6.45, 7) is 6.86. The molecule has 2 aromatic carbocycles. The van der Waals surface area contributed by atoms with E-state index >= 15 is 0 Å². The Labute approximate surface area is 136 Å². The van der Waals surface area contributed by atoms with Crippen LogP contribution in [0.3, 0.4) is 0 Å². The second-order valence-electron chi connectivity index (χ2n) is 5.68. The third-order valence-corrected chi connectivity index (χ3v) is 4.61. The standard InChI is InChI=1S/C18H22N2OS/c1-14-11-17(22-19)5-6-18(14)16-4-2-3-15(12-16)13-20-7-9-21-10-8-20/h2-6,11-12H,7-10,13,19H2,1H3. The molecule has 1 aliphatic rings. The van der Waals surface area contributed by atoms with E-state index in [2.05, 4.69) is 54.3 Å².